The third-order valence-electron chi connectivity index (χ3n) is 3.98. The fourth-order valence-corrected chi connectivity index (χ4v) is 2.58. The number of benzene rings is 1. The summed E-state index contributed by atoms with van der Waals surface area (Å²) in [6, 6.07) is 4.97. The number of rotatable bonds is 4. The molecule has 126 valence electrons. The number of methoxy groups -OCH3 is 2. The number of imide groups is 1. The van der Waals surface area contributed by atoms with E-state index in [0.717, 1.165) is 0 Å². The van der Waals surface area contributed by atoms with Gasteiger partial charge in [0.2, 0.25) is 5.91 Å². The second-order valence-corrected chi connectivity index (χ2v) is 6.58. The summed E-state index contributed by atoms with van der Waals surface area (Å²) in [4.78, 5) is 25.8. The molecule has 0 N–H and O–H groups in total. The summed E-state index contributed by atoms with van der Waals surface area (Å²) in [6.07, 6.45) is -0.517. The van der Waals surface area contributed by atoms with E-state index < -0.39 is 6.09 Å². The van der Waals surface area contributed by atoms with Gasteiger partial charge in [-0.1, -0.05) is 26.8 Å². The van der Waals surface area contributed by atoms with Crippen molar-refractivity contribution in [2.45, 2.75) is 33.2 Å². The lowest BCUT2D eigenvalue weighted by Crippen LogP contribution is -2.46. The number of hydrogen-bond acceptors (Lipinski definition) is 5. The largest absolute Gasteiger partial charge is 0.497 e. The normalized spacial score (nSPS) is 17.9. The highest BCUT2D eigenvalue weighted by molar-refractivity contribution is 5.95. The van der Waals surface area contributed by atoms with Crippen LogP contribution in [0.3, 0.4) is 0 Å². The molecule has 6 heteroatoms. The first-order valence-electron chi connectivity index (χ1n) is 7.47. The molecule has 6 nitrogen and oxygen atoms in total. The Bertz CT molecular complexity index is 605. The van der Waals surface area contributed by atoms with Crippen LogP contribution in [0.5, 0.6) is 11.5 Å². The first-order valence-corrected chi connectivity index (χ1v) is 7.47. The molecule has 0 spiro atoms. The Hall–Kier alpha value is -2.24. The molecule has 0 saturated carbocycles. The summed E-state index contributed by atoms with van der Waals surface area (Å²) in [5, 5.41) is 0. The Balaban J connectivity index is 2.22. The molecule has 1 aromatic carbocycles. The number of carbonyl (C=O) groups is 2. The van der Waals surface area contributed by atoms with E-state index in [1.165, 1.54) is 12.0 Å². The molecule has 0 aromatic heterocycles. The third kappa shape index (κ3) is 3.57. The highest BCUT2D eigenvalue weighted by atomic mass is 16.6. The van der Waals surface area contributed by atoms with E-state index >= 15 is 0 Å². The van der Waals surface area contributed by atoms with Crippen molar-refractivity contribution in [2.24, 2.45) is 5.41 Å². The number of carbonyl (C=O) groups excluding carboxylic acids is 2. The zero-order valence-electron chi connectivity index (χ0n) is 14.2. The predicted octanol–water partition coefficient (Wildman–Crippen LogP) is 2.64. The Kier molecular flexibility index (Phi) is 4.82. The maximum Gasteiger partial charge on any atom is 0.417 e. The minimum Gasteiger partial charge on any atom is -0.497 e. The molecule has 2 rings (SSSR count). The topological polar surface area (TPSA) is 65.1 Å². The van der Waals surface area contributed by atoms with E-state index in [1.807, 2.05) is 20.8 Å². The van der Waals surface area contributed by atoms with Gasteiger partial charge in [-0.2, -0.15) is 0 Å². The van der Waals surface area contributed by atoms with Gasteiger partial charge in [0.05, 0.1) is 26.7 Å². The first-order chi connectivity index (χ1) is 10.8. The molecule has 0 aliphatic carbocycles. The molecule has 1 aromatic rings. The molecular formula is C17H23NO5. The monoisotopic (exact) mass is 321 g/mol. The van der Waals surface area contributed by atoms with E-state index in [4.69, 9.17) is 14.2 Å². The van der Waals surface area contributed by atoms with Gasteiger partial charge in [-0.05, 0) is 11.5 Å². The average molecular weight is 321 g/mol. The zero-order valence-corrected chi connectivity index (χ0v) is 14.2. The Morgan fingerprint density at radius 1 is 1.30 bits per heavy atom. The molecule has 2 amide bonds. The number of nitrogens with zero attached hydrogens (tertiary/aromatic N) is 1. The molecule has 1 aliphatic heterocycles. The number of ether oxygens (including phenoxy) is 3. The van der Waals surface area contributed by atoms with Gasteiger partial charge in [0.25, 0.3) is 0 Å². The lowest BCUT2D eigenvalue weighted by molar-refractivity contribution is -0.129. The molecular weight excluding hydrogens is 298 g/mol. The molecule has 1 aliphatic rings. The first kappa shape index (κ1) is 17.1. The molecule has 0 bridgehead atoms. The van der Waals surface area contributed by atoms with Crippen molar-refractivity contribution in [1.29, 1.82) is 0 Å². The van der Waals surface area contributed by atoms with Crippen molar-refractivity contribution in [3.8, 4) is 11.5 Å². The van der Waals surface area contributed by atoms with Gasteiger partial charge in [0.15, 0.2) is 0 Å². The highest BCUT2D eigenvalue weighted by Gasteiger charge is 2.44. The van der Waals surface area contributed by atoms with Crippen LogP contribution < -0.4 is 9.47 Å². The van der Waals surface area contributed by atoms with Crippen LogP contribution in [-0.2, 0) is 16.0 Å². The van der Waals surface area contributed by atoms with Gasteiger partial charge in [-0.3, -0.25) is 4.79 Å². The molecule has 1 atom stereocenters. The summed E-state index contributed by atoms with van der Waals surface area (Å²) in [7, 11) is 3.10. The molecule has 1 heterocycles. The van der Waals surface area contributed by atoms with E-state index in [0.29, 0.717) is 17.1 Å². The van der Waals surface area contributed by atoms with Gasteiger partial charge in [-0.15, -0.1) is 0 Å². The fourth-order valence-electron chi connectivity index (χ4n) is 2.58. The second kappa shape index (κ2) is 6.48. The maximum absolute atomic E-state index is 12.6. The predicted molar refractivity (Wildman–Crippen MR) is 84.7 cm³/mol. The van der Waals surface area contributed by atoms with Crippen LogP contribution >= 0.6 is 0 Å². The van der Waals surface area contributed by atoms with Crippen LogP contribution in [0.25, 0.3) is 0 Å². The second-order valence-electron chi connectivity index (χ2n) is 6.58. The summed E-state index contributed by atoms with van der Waals surface area (Å²) < 4.78 is 15.5. The fraction of sp³-hybridized carbons (Fsp3) is 0.529. The van der Waals surface area contributed by atoms with Crippen molar-refractivity contribution in [3.05, 3.63) is 23.8 Å². The molecule has 1 fully saturated rings. The molecule has 0 radical (unpaired) electrons. The minimum absolute atomic E-state index is 0.0643. The summed E-state index contributed by atoms with van der Waals surface area (Å²) in [6.45, 7) is 6.17. The van der Waals surface area contributed by atoms with Gasteiger partial charge in [-0.25, -0.2) is 9.69 Å². The van der Waals surface area contributed by atoms with Gasteiger partial charge < -0.3 is 14.2 Å². The van der Waals surface area contributed by atoms with Crippen molar-refractivity contribution < 1.29 is 23.8 Å². The standard InChI is InChI=1S/C17H23NO5/c1-17(2,3)14-10-23-16(20)18(14)15(19)8-11-6-7-12(21-4)9-13(11)22-5/h6-7,9,14H,8,10H2,1-5H3/t14-/m1/s1. The number of hydrogen-bond donors (Lipinski definition) is 0. The van der Waals surface area contributed by atoms with Gasteiger partial charge in [0.1, 0.15) is 18.1 Å². The molecule has 1 saturated heterocycles. The van der Waals surface area contributed by atoms with E-state index in [9.17, 15) is 9.59 Å². The maximum atomic E-state index is 12.6. The van der Waals surface area contributed by atoms with Crippen LogP contribution in [0.15, 0.2) is 18.2 Å². The van der Waals surface area contributed by atoms with Crippen molar-refractivity contribution in [1.82, 2.24) is 4.90 Å². The quantitative estimate of drug-likeness (QED) is 0.853. The van der Waals surface area contributed by atoms with Crippen LogP contribution in [-0.4, -0.2) is 43.8 Å². The van der Waals surface area contributed by atoms with Crippen molar-refractivity contribution in [2.75, 3.05) is 20.8 Å². The van der Waals surface area contributed by atoms with Crippen LogP contribution in [0.2, 0.25) is 0 Å². The Morgan fingerprint density at radius 2 is 2.00 bits per heavy atom. The summed E-state index contributed by atoms with van der Waals surface area (Å²) in [5.74, 6) is 0.902. The third-order valence-corrected chi connectivity index (χ3v) is 3.98. The summed E-state index contributed by atoms with van der Waals surface area (Å²) in [5.41, 5.74) is 0.455. The highest BCUT2D eigenvalue weighted by Crippen LogP contribution is 2.31. The van der Waals surface area contributed by atoms with Crippen molar-refractivity contribution in [3.63, 3.8) is 0 Å². The summed E-state index contributed by atoms with van der Waals surface area (Å²) >= 11 is 0. The Morgan fingerprint density at radius 3 is 2.57 bits per heavy atom. The van der Waals surface area contributed by atoms with E-state index in [-0.39, 0.29) is 30.4 Å². The van der Waals surface area contributed by atoms with E-state index in [2.05, 4.69) is 0 Å². The SMILES string of the molecule is COc1ccc(CC(=O)N2C(=O)OC[C@@H]2C(C)(C)C)c(OC)c1. The number of amides is 2. The molecule has 23 heavy (non-hydrogen) atoms. The lowest BCUT2D eigenvalue weighted by atomic mass is 9.86. The number of cyclic esters (lactones) is 1. The zero-order chi connectivity index (χ0) is 17.2. The van der Waals surface area contributed by atoms with Gasteiger partial charge in [0, 0.05) is 11.6 Å². The average Bonchev–Trinajstić information content (AvgIpc) is 2.89. The van der Waals surface area contributed by atoms with Crippen LogP contribution in [0.4, 0.5) is 4.79 Å². The van der Waals surface area contributed by atoms with Gasteiger partial charge >= 0.3 is 6.09 Å². The smallest absolute Gasteiger partial charge is 0.417 e. The van der Waals surface area contributed by atoms with Crippen LogP contribution in [0, 0.1) is 5.41 Å². The van der Waals surface area contributed by atoms with E-state index in [1.54, 1.807) is 25.3 Å². The Labute approximate surface area is 136 Å². The van der Waals surface area contributed by atoms with Crippen LogP contribution in [0.1, 0.15) is 26.3 Å². The molecule has 0 unspecified atom stereocenters. The van der Waals surface area contributed by atoms with Crippen molar-refractivity contribution >= 4 is 12.0 Å². The lowest BCUT2D eigenvalue weighted by Gasteiger charge is -2.31. The minimum atomic E-state index is -0.581.